The number of carbonyl (C=O) groups is 1. The van der Waals surface area contributed by atoms with Crippen molar-refractivity contribution in [1.29, 1.82) is 0 Å². The molecule has 0 bridgehead atoms. The summed E-state index contributed by atoms with van der Waals surface area (Å²) in [5, 5.41) is 8.64. The van der Waals surface area contributed by atoms with Crippen molar-refractivity contribution in [3.63, 3.8) is 0 Å². The first-order valence-electron chi connectivity index (χ1n) is 8.13. The van der Waals surface area contributed by atoms with E-state index in [4.69, 9.17) is 0 Å². The molecule has 0 N–H and O–H groups in total. The Kier molecular flexibility index (Phi) is 4.89. The molecule has 0 saturated heterocycles. The van der Waals surface area contributed by atoms with E-state index in [2.05, 4.69) is 42.8 Å². The third-order valence-electron chi connectivity index (χ3n) is 4.43. The Balaban J connectivity index is 1.74. The fraction of sp³-hybridized carbons (Fsp3) is 0.471. The molecule has 2 aromatic rings. The molecule has 0 radical (unpaired) electrons. The van der Waals surface area contributed by atoms with E-state index in [9.17, 15) is 4.79 Å². The standard InChI is InChI=1S/C17H22BrN5O/c1-12(2)21(3)17(24)22-7-8-23-15(19-20-16(23)11-22)10-13-5-4-6-14(18)9-13/h4-6,9,12H,7-8,10-11H2,1-3H3. The Hall–Kier alpha value is -1.89. The van der Waals surface area contributed by atoms with Gasteiger partial charge in [0.05, 0.1) is 6.54 Å². The van der Waals surface area contributed by atoms with Crippen LogP contribution in [-0.4, -0.2) is 50.2 Å². The van der Waals surface area contributed by atoms with Crippen LogP contribution in [-0.2, 0) is 19.5 Å². The summed E-state index contributed by atoms with van der Waals surface area (Å²) in [6, 6.07) is 8.45. The van der Waals surface area contributed by atoms with Crippen molar-refractivity contribution in [2.75, 3.05) is 13.6 Å². The third-order valence-corrected chi connectivity index (χ3v) is 4.92. The van der Waals surface area contributed by atoms with Crippen molar-refractivity contribution in [2.24, 2.45) is 0 Å². The van der Waals surface area contributed by atoms with E-state index < -0.39 is 0 Å². The summed E-state index contributed by atoms with van der Waals surface area (Å²) < 4.78 is 3.20. The minimum Gasteiger partial charge on any atom is -0.325 e. The van der Waals surface area contributed by atoms with Gasteiger partial charge in [-0.15, -0.1) is 10.2 Å². The molecule has 3 rings (SSSR count). The molecule has 1 aromatic carbocycles. The molecule has 6 nitrogen and oxygen atoms in total. The number of aromatic nitrogens is 3. The second kappa shape index (κ2) is 6.93. The number of carbonyl (C=O) groups excluding carboxylic acids is 1. The molecule has 0 aliphatic carbocycles. The SMILES string of the molecule is CC(C)N(C)C(=O)N1CCn2c(Cc3cccc(Br)c3)nnc2C1. The maximum absolute atomic E-state index is 12.5. The second-order valence-corrected chi connectivity index (χ2v) is 7.32. The molecule has 1 aliphatic heterocycles. The summed E-state index contributed by atoms with van der Waals surface area (Å²) in [4.78, 5) is 16.1. The predicted molar refractivity (Wildman–Crippen MR) is 95.7 cm³/mol. The lowest BCUT2D eigenvalue weighted by Crippen LogP contribution is -2.47. The van der Waals surface area contributed by atoms with Crippen LogP contribution in [0.1, 0.15) is 31.1 Å². The number of benzene rings is 1. The minimum absolute atomic E-state index is 0.0489. The summed E-state index contributed by atoms with van der Waals surface area (Å²) in [7, 11) is 1.84. The van der Waals surface area contributed by atoms with Gasteiger partial charge in [0.25, 0.3) is 0 Å². The fourth-order valence-electron chi connectivity index (χ4n) is 2.79. The van der Waals surface area contributed by atoms with Crippen LogP contribution in [0.3, 0.4) is 0 Å². The zero-order valence-electron chi connectivity index (χ0n) is 14.2. The lowest BCUT2D eigenvalue weighted by molar-refractivity contribution is 0.139. The van der Waals surface area contributed by atoms with E-state index in [1.807, 2.05) is 37.9 Å². The quantitative estimate of drug-likeness (QED) is 0.807. The van der Waals surface area contributed by atoms with Crippen LogP contribution in [0.15, 0.2) is 28.7 Å². The monoisotopic (exact) mass is 391 g/mol. The van der Waals surface area contributed by atoms with E-state index in [-0.39, 0.29) is 12.1 Å². The van der Waals surface area contributed by atoms with Gasteiger partial charge in [-0.25, -0.2) is 4.79 Å². The Labute approximate surface area is 150 Å². The van der Waals surface area contributed by atoms with Crippen molar-refractivity contribution in [3.05, 3.63) is 46.0 Å². The maximum Gasteiger partial charge on any atom is 0.320 e. The first-order valence-corrected chi connectivity index (χ1v) is 8.92. The molecule has 0 unspecified atom stereocenters. The molecular weight excluding hydrogens is 370 g/mol. The van der Waals surface area contributed by atoms with Gasteiger partial charge in [0.1, 0.15) is 5.82 Å². The molecule has 24 heavy (non-hydrogen) atoms. The topological polar surface area (TPSA) is 54.3 Å². The summed E-state index contributed by atoms with van der Waals surface area (Å²) in [5.41, 5.74) is 1.19. The smallest absolute Gasteiger partial charge is 0.320 e. The number of hydrogen-bond donors (Lipinski definition) is 0. The van der Waals surface area contributed by atoms with E-state index in [0.29, 0.717) is 13.1 Å². The Morgan fingerprint density at radius 1 is 1.33 bits per heavy atom. The van der Waals surface area contributed by atoms with Crippen molar-refractivity contribution in [3.8, 4) is 0 Å². The number of nitrogens with zero attached hydrogens (tertiary/aromatic N) is 5. The zero-order valence-corrected chi connectivity index (χ0v) is 15.8. The number of hydrogen-bond acceptors (Lipinski definition) is 3. The van der Waals surface area contributed by atoms with Crippen LogP contribution in [0, 0.1) is 0 Å². The lowest BCUT2D eigenvalue weighted by atomic mass is 10.1. The number of amides is 2. The molecule has 128 valence electrons. The first-order chi connectivity index (χ1) is 11.5. The lowest BCUT2D eigenvalue weighted by Gasteiger charge is -2.33. The summed E-state index contributed by atoms with van der Waals surface area (Å²) in [5.74, 6) is 1.81. The minimum atomic E-state index is 0.0489. The van der Waals surface area contributed by atoms with Gasteiger partial charge < -0.3 is 14.4 Å². The molecule has 2 amide bonds. The van der Waals surface area contributed by atoms with Crippen LogP contribution >= 0.6 is 15.9 Å². The van der Waals surface area contributed by atoms with E-state index in [1.165, 1.54) is 5.56 Å². The van der Waals surface area contributed by atoms with Crippen LogP contribution in [0.25, 0.3) is 0 Å². The number of rotatable bonds is 3. The highest BCUT2D eigenvalue weighted by Crippen LogP contribution is 2.18. The second-order valence-electron chi connectivity index (χ2n) is 6.40. The van der Waals surface area contributed by atoms with Gasteiger partial charge in [0.2, 0.25) is 0 Å². The Morgan fingerprint density at radius 2 is 2.12 bits per heavy atom. The van der Waals surface area contributed by atoms with Crippen molar-refractivity contribution in [2.45, 2.75) is 39.4 Å². The van der Waals surface area contributed by atoms with Gasteiger partial charge in [-0.3, -0.25) is 0 Å². The highest BCUT2D eigenvalue weighted by Gasteiger charge is 2.27. The predicted octanol–water partition coefficient (Wildman–Crippen LogP) is 2.91. The van der Waals surface area contributed by atoms with Gasteiger partial charge in [0, 0.05) is 37.1 Å². The van der Waals surface area contributed by atoms with Crippen LogP contribution in [0.4, 0.5) is 4.79 Å². The average molecular weight is 392 g/mol. The molecule has 1 aromatic heterocycles. The van der Waals surface area contributed by atoms with Crippen LogP contribution < -0.4 is 0 Å². The number of fused-ring (bicyclic) bond motifs is 1. The first kappa shape index (κ1) is 17.0. The number of halogens is 1. The highest BCUT2D eigenvalue weighted by molar-refractivity contribution is 9.10. The Bertz CT molecular complexity index is 742. The average Bonchev–Trinajstić information content (AvgIpc) is 2.95. The van der Waals surface area contributed by atoms with Crippen molar-refractivity contribution < 1.29 is 4.79 Å². The van der Waals surface area contributed by atoms with Gasteiger partial charge in [-0.2, -0.15) is 0 Å². The molecule has 7 heteroatoms. The normalized spacial score (nSPS) is 14.0. The molecule has 0 fully saturated rings. The van der Waals surface area contributed by atoms with E-state index in [0.717, 1.165) is 29.1 Å². The fourth-order valence-corrected chi connectivity index (χ4v) is 3.23. The Morgan fingerprint density at radius 3 is 2.83 bits per heavy atom. The molecular formula is C17H22BrN5O. The molecule has 1 aliphatic rings. The van der Waals surface area contributed by atoms with E-state index in [1.54, 1.807) is 4.90 Å². The molecule has 0 spiro atoms. The van der Waals surface area contributed by atoms with E-state index >= 15 is 0 Å². The van der Waals surface area contributed by atoms with Crippen molar-refractivity contribution >= 4 is 22.0 Å². The molecule has 0 saturated carbocycles. The van der Waals surface area contributed by atoms with Crippen LogP contribution in [0.5, 0.6) is 0 Å². The zero-order chi connectivity index (χ0) is 17.3. The summed E-state index contributed by atoms with van der Waals surface area (Å²) in [6.07, 6.45) is 0.742. The molecule has 2 heterocycles. The summed E-state index contributed by atoms with van der Waals surface area (Å²) in [6.45, 7) is 5.97. The van der Waals surface area contributed by atoms with Gasteiger partial charge in [-0.1, -0.05) is 28.1 Å². The largest absolute Gasteiger partial charge is 0.325 e. The highest BCUT2D eigenvalue weighted by atomic mass is 79.9. The van der Waals surface area contributed by atoms with Gasteiger partial charge in [-0.05, 0) is 31.5 Å². The van der Waals surface area contributed by atoms with Gasteiger partial charge >= 0.3 is 6.03 Å². The molecule has 0 atom stereocenters. The van der Waals surface area contributed by atoms with Crippen molar-refractivity contribution in [1.82, 2.24) is 24.6 Å². The maximum atomic E-state index is 12.5. The third kappa shape index (κ3) is 3.45. The number of urea groups is 1. The van der Waals surface area contributed by atoms with Gasteiger partial charge in [0.15, 0.2) is 5.82 Å². The van der Waals surface area contributed by atoms with Crippen LogP contribution in [0.2, 0.25) is 0 Å². The summed E-state index contributed by atoms with van der Waals surface area (Å²) >= 11 is 3.50.